The number of nitrogens with zero attached hydrogens (tertiary/aromatic N) is 2. The van der Waals surface area contributed by atoms with Gasteiger partial charge >= 0.3 is 0 Å². The van der Waals surface area contributed by atoms with Gasteiger partial charge in [0.1, 0.15) is 5.82 Å². The number of amides is 1. The Bertz CT molecular complexity index is 803. The number of nitrogens with one attached hydrogen (secondary N) is 1. The maximum absolute atomic E-state index is 13.9. The van der Waals surface area contributed by atoms with Crippen molar-refractivity contribution in [1.29, 1.82) is 0 Å². The number of hydrogen-bond donors (Lipinski definition) is 1. The minimum absolute atomic E-state index is 0.124. The third-order valence-corrected chi connectivity index (χ3v) is 5.68. The van der Waals surface area contributed by atoms with Crippen LogP contribution in [0.25, 0.3) is 0 Å². The Kier molecular flexibility index (Phi) is 6.82. The first-order valence-electron chi connectivity index (χ1n) is 8.60. The summed E-state index contributed by atoms with van der Waals surface area (Å²) >= 11 is 17.8. The van der Waals surface area contributed by atoms with Crippen molar-refractivity contribution in [1.82, 2.24) is 4.90 Å². The fourth-order valence-electron chi connectivity index (χ4n) is 3.03. The molecule has 0 saturated carbocycles. The van der Waals surface area contributed by atoms with Crippen LogP contribution in [-0.2, 0) is 4.79 Å². The van der Waals surface area contributed by atoms with Gasteiger partial charge in [-0.3, -0.25) is 9.69 Å². The van der Waals surface area contributed by atoms with E-state index in [4.69, 9.17) is 34.8 Å². The second-order valence-corrected chi connectivity index (χ2v) is 7.52. The molecule has 1 aliphatic heterocycles. The van der Waals surface area contributed by atoms with Gasteiger partial charge in [0.05, 0.1) is 20.8 Å². The van der Waals surface area contributed by atoms with Crippen LogP contribution in [0.15, 0.2) is 36.4 Å². The highest BCUT2D eigenvalue weighted by molar-refractivity contribution is 6.48. The Labute approximate surface area is 172 Å². The summed E-state index contributed by atoms with van der Waals surface area (Å²) in [6.45, 7) is 3.64. The third kappa shape index (κ3) is 5.26. The number of rotatable bonds is 5. The smallest absolute Gasteiger partial charge is 0.225 e. The monoisotopic (exact) mass is 429 g/mol. The van der Waals surface area contributed by atoms with E-state index in [0.717, 1.165) is 26.2 Å². The molecule has 144 valence electrons. The lowest BCUT2D eigenvalue weighted by molar-refractivity contribution is -0.116. The van der Waals surface area contributed by atoms with E-state index in [-0.39, 0.29) is 16.7 Å². The Morgan fingerprint density at radius 1 is 1.04 bits per heavy atom. The van der Waals surface area contributed by atoms with Crippen molar-refractivity contribution in [3.8, 4) is 0 Å². The molecule has 0 spiro atoms. The molecule has 0 radical (unpaired) electrons. The van der Waals surface area contributed by atoms with Crippen LogP contribution in [-0.4, -0.2) is 43.5 Å². The van der Waals surface area contributed by atoms with Crippen molar-refractivity contribution in [2.75, 3.05) is 42.9 Å². The van der Waals surface area contributed by atoms with Crippen molar-refractivity contribution in [3.05, 3.63) is 57.3 Å². The van der Waals surface area contributed by atoms with Gasteiger partial charge in [0, 0.05) is 44.8 Å². The zero-order valence-electron chi connectivity index (χ0n) is 14.5. The fourth-order valence-corrected chi connectivity index (χ4v) is 3.63. The molecule has 2 aromatic carbocycles. The molecule has 1 amide bonds. The van der Waals surface area contributed by atoms with Crippen molar-refractivity contribution in [3.63, 3.8) is 0 Å². The van der Waals surface area contributed by atoms with E-state index in [0.29, 0.717) is 34.4 Å². The van der Waals surface area contributed by atoms with Crippen molar-refractivity contribution in [2.45, 2.75) is 6.42 Å². The SMILES string of the molecule is O=C(CCN1CCN(c2ccccc2F)CC1)Nc1cc(Cl)c(Cl)c(Cl)c1. The highest BCUT2D eigenvalue weighted by Crippen LogP contribution is 2.33. The Balaban J connectivity index is 1.46. The van der Waals surface area contributed by atoms with Crippen LogP contribution in [0.5, 0.6) is 0 Å². The van der Waals surface area contributed by atoms with Gasteiger partial charge in [0.15, 0.2) is 0 Å². The number of hydrogen-bond acceptors (Lipinski definition) is 3. The van der Waals surface area contributed by atoms with Crippen LogP contribution < -0.4 is 10.2 Å². The number of piperazine rings is 1. The van der Waals surface area contributed by atoms with Gasteiger partial charge < -0.3 is 10.2 Å². The second kappa shape index (κ2) is 9.11. The van der Waals surface area contributed by atoms with Gasteiger partial charge in [-0.1, -0.05) is 46.9 Å². The van der Waals surface area contributed by atoms with Gasteiger partial charge in [0.25, 0.3) is 0 Å². The van der Waals surface area contributed by atoms with Crippen LogP contribution in [0.4, 0.5) is 15.8 Å². The first-order valence-corrected chi connectivity index (χ1v) is 9.73. The average Bonchev–Trinajstić information content (AvgIpc) is 2.65. The molecule has 0 aromatic heterocycles. The minimum Gasteiger partial charge on any atom is -0.367 e. The quantitative estimate of drug-likeness (QED) is 0.683. The lowest BCUT2D eigenvalue weighted by atomic mass is 10.2. The van der Waals surface area contributed by atoms with Crippen LogP contribution in [0.1, 0.15) is 6.42 Å². The average molecular weight is 431 g/mol. The molecule has 1 saturated heterocycles. The number of benzene rings is 2. The summed E-state index contributed by atoms with van der Waals surface area (Å²) in [5.74, 6) is -0.327. The topological polar surface area (TPSA) is 35.6 Å². The largest absolute Gasteiger partial charge is 0.367 e. The van der Waals surface area contributed by atoms with Crippen LogP contribution in [0.3, 0.4) is 0 Å². The summed E-state index contributed by atoms with van der Waals surface area (Å²) in [4.78, 5) is 16.4. The third-order valence-electron chi connectivity index (χ3n) is 4.49. The van der Waals surface area contributed by atoms with Gasteiger partial charge in [-0.05, 0) is 24.3 Å². The van der Waals surface area contributed by atoms with Crippen LogP contribution in [0.2, 0.25) is 15.1 Å². The molecule has 3 rings (SSSR count). The zero-order valence-corrected chi connectivity index (χ0v) is 16.8. The highest BCUT2D eigenvalue weighted by atomic mass is 35.5. The first kappa shape index (κ1) is 20.2. The predicted molar refractivity (Wildman–Crippen MR) is 110 cm³/mol. The van der Waals surface area contributed by atoms with E-state index in [9.17, 15) is 9.18 Å². The Morgan fingerprint density at radius 2 is 1.67 bits per heavy atom. The van der Waals surface area contributed by atoms with Crippen LogP contribution >= 0.6 is 34.8 Å². The summed E-state index contributed by atoms with van der Waals surface area (Å²) in [5, 5.41) is 3.64. The molecule has 4 nitrogen and oxygen atoms in total. The van der Waals surface area contributed by atoms with E-state index in [1.54, 1.807) is 24.3 Å². The molecule has 0 bridgehead atoms. The summed E-state index contributed by atoms with van der Waals surface area (Å²) < 4.78 is 13.9. The molecule has 1 heterocycles. The standard InChI is InChI=1S/C19H19Cl3FN3O/c20-14-11-13(12-15(21)19(14)22)24-18(27)5-6-25-7-9-26(10-8-25)17-4-2-1-3-16(17)23/h1-4,11-12H,5-10H2,(H,24,27). The lowest BCUT2D eigenvalue weighted by Gasteiger charge is -2.36. The summed E-state index contributed by atoms with van der Waals surface area (Å²) in [6.07, 6.45) is 0.345. The van der Waals surface area contributed by atoms with E-state index in [2.05, 4.69) is 10.2 Å². The Hall–Kier alpha value is -1.53. The molecule has 1 fully saturated rings. The normalized spacial score (nSPS) is 15.0. The highest BCUT2D eigenvalue weighted by Gasteiger charge is 2.19. The van der Waals surface area contributed by atoms with Gasteiger partial charge in [-0.15, -0.1) is 0 Å². The maximum Gasteiger partial charge on any atom is 0.225 e. The number of anilines is 2. The molecule has 27 heavy (non-hydrogen) atoms. The van der Waals surface area contributed by atoms with Gasteiger partial charge in [-0.25, -0.2) is 4.39 Å². The molecule has 0 atom stereocenters. The number of carbonyl (C=O) groups is 1. The summed E-state index contributed by atoms with van der Waals surface area (Å²) in [5.41, 5.74) is 1.15. The molecule has 8 heteroatoms. The molecular formula is C19H19Cl3FN3O. The predicted octanol–water partition coefficient (Wildman–Crippen LogP) is 4.94. The van der Waals surface area contributed by atoms with Crippen molar-refractivity contribution < 1.29 is 9.18 Å². The van der Waals surface area contributed by atoms with E-state index >= 15 is 0 Å². The van der Waals surface area contributed by atoms with E-state index < -0.39 is 0 Å². The fraction of sp³-hybridized carbons (Fsp3) is 0.316. The Morgan fingerprint density at radius 3 is 2.30 bits per heavy atom. The number of halogens is 4. The molecule has 1 aliphatic rings. The maximum atomic E-state index is 13.9. The second-order valence-electron chi connectivity index (χ2n) is 6.33. The van der Waals surface area contributed by atoms with Gasteiger partial charge in [0.2, 0.25) is 5.91 Å². The molecule has 1 N–H and O–H groups in total. The number of para-hydroxylation sites is 1. The van der Waals surface area contributed by atoms with Crippen molar-refractivity contribution in [2.24, 2.45) is 0 Å². The number of carbonyl (C=O) groups excluding carboxylic acids is 1. The van der Waals surface area contributed by atoms with Crippen LogP contribution in [0, 0.1) is 5.82 Å². The van der Waals surface area contributed by atoms with E-state index in [1.807, 2.05) is 11.0 Å². The van der Waals surface area contributed by atoms with E-state index in [1.165, 1.54) is 6.07 Å². The summed E-state index contributed by atoms with van der Waals surface area (Å²) in [6, 6.07) is 9.93. The molecule has 0 unspecified atom stereocenters. The summed E-state index contributed by atoms with van der Waals surface area (Å²) in [7, 11) is 0. The first-order chi connectivity index (χ1) is 12.9. The zero-order chi connectivity index (χ0) is 19.4. The molecule has 2 aromatic rings. The van der Waals surface area contributed by atoms with Gasteiger partial charge in [-0.2, -0.15) is 0 Å². The molecular weight excluding hydrogens is 412 g/mol. The van der Waals surface area contributed by atoms with Crippen molar-refractivity contribution >= 4 is 52.1 Å². The lowest BCUT2D eigenvalue weighted by Crippen LogP contribution is -2.47. The minimum atomic E-state index is -0.203. The molecule has 0 aliphatic carbocycles.